The first-order chi connectivity index (χ1) is 15.0. The number of carbonyl (C=O) groups is 2. The maximum Gasteiger partial charge on any atom is 0.287 e. The van der Waals surface area contributed by atoms with Crippen LogP contribution < -0.4 is 19.6 Å². The smallest absolute Gasteiger partial charge is 0.287 e. The lowest BCUT2D eigenvalue weighted by molar-refractivity contribution is 0.0907. The highest BCUT2D eigenvalue weighted by atomic mass is 32.1. The van der Waals surface area contributed by atoms with Crippen LogP contribution in [0.25, 0.3) is 0 Å². The summed E-state index contributed by atoms with van der Waals surface area (Å²) in [6.07, 6.45) is 1.80. The van der Waals surface area contributed by atoms with Gasteiger partial charge in [-0.05, 0) is 30.3 Å². The van der Waals surface area contributed by atoms with E-state index in [1.54, 1.807) is 48.2 Å². The SMILES string of the molecule is COCCNC(=O)c1ccc(Cn2ccsc2=NC(=O)c2ccc(OC)c(OC)c2)o1. The fourth-order valence-electron chi connectivity index (χ4n) is 2.73. The van der Waals surface area contributed by atoms with Gasteiger partial charge in [0.1, 0.15) is 5.76 Å². The normalized spacial score (nSPS) is 11.4. The number of benzene rings is 1. The summed E-state index contributed by atoms with van der Waals surface area (Å²) in [7, 11) is 4.60. The van der Waals surface area contributed by atoms with Crippen molar-refractivity contribution < 1.29 is 28.2 Å². The molecule has 0 unspecified atom stereocenters. The molecule has 0 bridgehead atoms. The lowest BCUT2D eigenvalue weighted by Gasteiger charge is -2.07. The molecule has 3 rings (SSSR count). The van der Waals surface area contributed by atoms with Crippen molar-refractivity contribution in [2.45, 2.75) is 6.54 Å². The molecule has 2 aromatic heterocycles. The topological polar surface area (TPSA) is 104 Å². The zero-order valence-electron chi connectivity index (χ0n) is 17.4. The van der Waals surface area contributed by atoms with Gasteiger partial charge in [-0.1, -0.05) is 0 Å². The average molecular weight is 445 g/mol. The van der Waals surface area contributed by atoms with Gasteiger partial charge in [0.2, 0.25) is 0 Å². The fraction of sp³-hybridized carbons (Fsp3) is 0.286. The number of hydrogen-bond acceptors (Lipinski definition) is 7. The van der Waals surface area contributed by atoms with Crippen molar-refractivity contribution in [1.82, 2.24) is 9.88 Å². The predicted molar refractivity (Wildman–Crippen MR) is 114 cm³/mol. The third-order valence-electron chi connectivity index (χ3n) is 4.29. The van der Waals surface area contributed by atoms with E-state index >= 15 is 0 Å². The van der Waals surface area contributed by atoms with Crippen molar-refractivity contribution in [1.29, 1.82) is 0 Å². The minimum Gasteiger partial charge on any atom is -0.493 e. The Kier molecular flexibility index (Phi) is 7.63. The molecule has 0 fully saturated rings. The first kappa shape index (κ1) is 22.3. The average Bonchev–Trinajstić information content (AvgIpc) is 3.43. The van der Waals surface area contributed by atoms with Gasteiger partial charge in [0, 0.05) is 30.8 Å². The number of amides is 2. The molecule has 0 saturated heterocycles. The number of thiazole rings is 1. The van der Waals surface area contributed by atoms with Gasteiger partial charge in [-0.3, -0.25) is 9.59 Å². The van der Waals surface area contributed by atoms with Crippen LogP contribution in [0.4, 0.5) is 0 Å². The van der Waals surface area contributed by atoms with Crippen LogP contribution in [0.3, 0.4) is 0 Å². The first-order valence-electron chi connectivity index (χ1n) is 9.36. The Morgan fingerprint density at radius 2 is 1.94 bits per heavy atom. The molecule has 0 aliphatic carbocycles. The van der Waals surface area contributed by atoms with Gasteiger partial charge < -0.3 is 28.5 Å². The molecular weight excluding hydrogens is 422 g/mol. The van der Waals surface area contributed by atoms with Crippen LogP contribution in [-0.4, -0.2) is 50.9 Å². The zero-order valence-corrected chi connectivity index (χ0v) is 18.2. The third-order valence-corrected chi connectivity index (χ3v) is 5.09. The van der Waals surface area contributed by atoms with E-state index in [0.29, 0.717) is 47.3 Å². The van der Waals surface area contributed by atoms with Crippen LogP contribution >= 0.6 is 11.3 Å². The number of hydrogen-bond donors (Lipinski definition) is 1. The molecule has 1 aromatic carbocycles. The van der Waals surface area contributed by atoms with Gasteiger partial charge in [-0.25, -0.2) is 0 Å². The molecule has 2 heterocycles. The summed E-state index contributed by atoms with van der Waals surface area (Å²) in [6.45, 7) is 1.14. The number of nitrogens with one attached hydrogen (secondary N) is 1. The van der Waals surface area contributed by atoms with Crippen molar-refractivity contribution in [2.75, 3.05) is 34.5 Å². The molecule has 1 N–H and O–H groups in total. The van der Waals surface area contributed by atoms with Crippen molar-refractivity contribution in [2.24, 2.45) is 4.99 Å². The van der Waals surface area contributed by atoms with Crippen LogP contribution in [0.15, 0.2) is 51.3 Å². The molecule has 164 valence electrons. The highest BCUT2D eigenvalue weighted by molar-refractivity contribution is 7.07. The van der Waals surface area contributed by atoms with Crippen molar-refractivity contribution >= 4 is 23.2 Å². The molecule has 31 heavy (non-hydrogen) atoms. The second-order valence-corrected chi connectivity index (χ2v) is 7.19. The molecule has 3 aromatic rings. The van der Waals surface area contributed by atoms with E-state index < -0.39 is 5.91 Å². The molecule has 0 atom stereocenters. The van der Waals surface area contributed by atoms with Crippen LogP contribution in [-0.2, 0) is 11.3 Å². The predicted octanol–water partition coefficient (Wildman–Crippen LogP) is 2.33. The Balaban J connectivity index is 1.75. The van der Waals surface area contributed by atoms with E-state index in [0.717, 1.165) is 0 Å². The standard InChI is InChI=1S/C21H23N3O6S/c1-27-10-8-22-20(26)17-7-5-15(30-17)13-24-9-11-31-21(24)23-19(25)14-4-6-16(28-2)18(12-14)29-3/h4-7,9,11-12H,8,10,13H2,1-3H3,(H,22,26). The third kappa shape index (κ3) is 5.62. The number of carbonyl (C=O) groups excluding carboxylic acids is 2. The van der Waals surface area contributed by atoms with Crippen molar-refractivity contribution in [3.8, 4) is 11.5 Å². The highest BCUT2D eigenvalue weighted by Gasteiger charge is 2.13. The molecular formula is C21H23N3O6S. The second-order valence-electron chi connectivity index (χ2n) is 6.31. The molecule has 9 nitrogen and oxygen atoms in total. The Morgan fingerprint density at radius 1 is 1.13 bits per heavy atom. The molecule has 0 saturated carbocycles. The summed E-state index contributed by atoms with van der Waals surface area (Å²) in [5, 5.41) is 4.52. The molecule has 10 heteroatoms. The largest absolute Gasteiger partial charge is 0.493 e. The van der Waals surface area contributed by atoms with E-state index in [1.165, 1.54) is 25.6 Å². The van der Waals surface area contributed by atoms with Gasteiger partial charge >= 0.3 is 0 Å². The monoisotopic (exact) mass is 445 g/mol. The van der Waals surface area contributed by atoms with E-state index in [4.69, 9.17) is 18.6 Å². The molecule has 0 spiro atoms. The lowest BCUT2D eigenvalue weighted by Crippen LogP contribution is -2.26. The first-order valence-corrected chi connectivity index (χ1v) is 10.2. The van der Waals surface area contributed by atoms with Crippen LogP contribution in [0.2, 0.25) is 0 Å². The molecule has 0 aliphatic rings. The summed E-state index contributed by atoms with van der Waals surface area (Å²) >= 11 is 1.32. The van der Waals surface area contributed by atoms with Crippen LogP contribution in [0.5, 0.6) is 11.5 Å². The molecule has 2 amide bonds. The summed E-state index contributed by atoms with van der Waals surface area (Å²) in [6, 6.07) is 8.20. The fourth-order valence-corrected chi connectivity index (χ4v) is 3.46. The Hall–Kier alpha value is -3.37. The number of aromatic nitrogens is 1. The number of nitrogens with zero attached hydrogens (tertiary/aromatic N) is 2. The second kappa shape index (κ2) is 10.6. The number of rotatable bonds is 9. The quantitative estimate of drug-likeness (QED) is 0.507. The van der Waals surface area contributed by atoms with E-state index in [9.17, 15) is 9.59 Å². The van der Waals surface area contributed by atoms with Gasteiger partial charge in [0.15, 0.2) is 22.1 Å². The molecule has 0 aliphatic heterocycles. The Bertz CT molecular complexity index is 1110. The van der Waals surface area contributed by atoms with Crippen molar-refractivity contribution in [3.05, 3.63) is 63.8 Å². The minimum absolute atomic E-state index is 0.210. The van der Waals surface area contributed by atoms with Gasteiger partial charge in [-0.15, -0.1) is 11.3 Å². The summed E-state index contributed by atoms with van der Waals surface area (Å²) in [5.41, 5.74) is 0.380. The van der Waals surface area contributed by atoms with E-state index in [2.05, 4.69) is 10.3 Å². The summed E-state index contributed by atoms with van der Waals surface area (Å²) < 4.78 is 22.7. The maximum atomic E-state index is 12.6. The van der Waals surface area contributed by atoms with Crippen molar-refractivity contribution in [3.63, 3.8) is 0 Å². The van der Waals surface area contributed by atoms with Crippen LogP contribution in [0.1, 0.15) is 26.7 Å². The van der Waals surface area contributed by atoms with Crippen LogP contribution in [0, 0.1) is 0 Å². The maximum absolute atomic E-state index is 12.6. The lowest BCUT2D eigenvalue weighted by atomic mass is 10.2. The Labute approximate surface area is 182 Å². The number of ether oxygens (including phenoxy) is 3. The highest BCUT2D eigenvalue weighted by Crippen LogP contribution is 2.27. The van der Waals surface area contributed by atoms with E-state index in [1.807, 2.05) is 5.38 Å². The minimum atomic E-state index is -0.408. The zero-order chi connectivity index (χ0) is 22.2. The van der Waals surface area contributed by atoms with Gasteiger partial charge in [0.25, 0.3) is 11.8 Å². The summed E-state index contributed by atoms with van der Waals surface area (Å²) in [5.74, 6) is 1.04. The van der Waals surface area contributed by atoms with Gasteiger partial charge in [-0.2, -0.15) is 4.99 Å². The Morgan fingerprint density at radius 3 is 2.68 bits per heavy atom. The number of furan rings is 1. The summed E-state index contributed by atoms with van der Waals surface area (Å²) in [4.78, 5) is 29.4. The molecule has 0 radical (unpaired) electrons. The van der Waals surface area contributed by atoms with Gasteiger partial charge in [0.05, 0.1) is 27.4 Å². The van der Waals surface area contributed by atoms with E-state index in [-0.39, 0.29) is 11.7 Å². The number of methoxy groups -OCH3 is 3.